The number of piperazine rings is 1. The fourth-order valence-corrected chi connectivity index (χ4v) is 6.76. The van der Waals surface area contributed by atoms with Gasteiger partial charge in [0.25, 0.3) is 0 Å². The van der Waals surface area contributed by atoms with E-state index < -0.39 is 16.8 Å². The minimum Gasteiger partial charge on any atom is -0.444 e. The van der Waals surface area contributed by atoms with Crippen LogP contribution in [0.5, 0.6) is 11.6 Å². The van der Waals surface area contributed by atoms with Crippen LogP contribution in [-0.4, -0.2) is 87.2 Å². The van der Waals surface area contributed by atoms with Gasteiger partial charge in [-0.2, -0.15) is 20.3 Å². The average molecular weight is 713 g/mol. The maximum atomic E-state index is 15.4. The van der Waals surface area contributed by atoms with Crippen molar-refractivity contribution in [3.63, 3.8) is 0 Å². The number of halogens is 3. The highest BCUT2D eigenvalue weighted by Crippen LogP contribution is 2.43. The molecule has 3 aliphatic rings. The van der Waals surface area contributed by atoms with Gasteiger partial charge in [-0.05, 0) is 53.0 Å². The number of fused-ring (bicyclic) bond motifs is 2. The lowest BCUT2D eigenvalue weighted by molar-refractivity contribution is -0.0366. The standard InChI is InChI=1S/C33H36Cl2FN9O4/c1-32(2,3)49-31(46)43-10-8-42(9-11-43)28-19-13-23(34)39-29(26(19)40-30(41-28)44-17-33(4,16-37)18-44)48-27-20-15-38-45(24-7-5-6-12-47-24)22(20)14-21(36)25(27)35/h13-15,24H,5-12,17-18H2,1-4H3. The van der Waals surface area contributed by atoms with E-state index in [1.54, 1.807) is 21.8 Å². The molecule has 1 aromatic carbocycles. The molecular weight excluding hydrogens is 676 g/mol. The maximum Gasteiger partial charge on any atom is 0.410 e. The number of aromatic nitrogens is 5. The van der Waals surface area contributed by atoms with Crippen molar-refractivity contribution >= 4 is 62.9 Å². The van der Waals surface area contributed by atoms with Gasteiger partial charge >= 0.3 is 6.09 Å². The normalized spacial score (nSPS) is 19.6. The molecular formula is C33H36Cl2FN9O4. The van der Waals surface area contributed by atoms with Crippen molar-refractivity contribution in [2.75, 3.05) is 55.7 Å². The van der Waals surface area contributed by atoms with Crippen LogP contribution in [0, 0.1) is 22.6 Å². The number of anilines is 2. The quantitative estimate of drug-likeness (QED) is 0.204. The molecule has 3 fully saturated rings. The Balaban J connectivity index is 1.29. The second kappa shape index (κ2) is 12.6. The molecule has 0 radical (unpaired) electrons. The summed E-state index contributed by atoms with van der Waals surface area (Å²) in [5, 5.41) is 15.1. The van der Waals surface area contributed by atoms with Crippen molar-refractivity contribution in [1.82, 2.24) is 29.6 Å². The molecule has 0 aliphatic carbocycles. The minimum atomic E-state index is -0.691. The predicted octanol–water partition coefficient (Wildman–Crippen LogP) is 6.72. The van der Waals surface area contributed by atoms with E-state index in [-0.39, 0.29) is 34.1 Å². The van der Waals surface area contributed by atoms with Crippen LogP contribution in [0.2, 0.25) is 10.2 Å². The second-order valence-corrected chi connectivity index (χ2v) is 14.7. The monoisotopic (exact) mass is 711 g/mol. The summed E-state index contributed by atoms with van der Waals surface area (Å²) in [6, 6.07) is 5.33. The van der Waals surface area contributed by atoms with E-state index in [9.17, 15) is 10.1 Å². The Bertz CT molecular complexity index is 1980. The van der Waals surface area contributed by atoms with Crippen LogP contribution >= 0.6 is 23.2 Å². The van der Waals surface area contributed by atoms with Crippen molar-refractivity contribution in [1.29, 1.82) is 5.26 Å². The summed E-state index contributed by atoms with van der Waals surface area (Å²) >= 11 is 13.1. The van der Waals surface area contributed by atoms with Crippen LogP contribution in [0.4, 0.5) is 21.0 Å². The van der Waals surface area contributed by atoms with Gasteiger partial charge in [0.05, 0.1) is 34.0 Å². The van der Waals surface area contributed by atoms with E-state index in [0.29, 0.717) is 79.4 Å². The van der Waals surface area contributed by atoms with Gasteiger partial charge in [-0.1, -0.05) is 23.2 Å². The van der Waals surface area contributed by atoms with Gasteiger partial charge in [-0.25, -0.2) is 18.9 Å². The summed E-state index contributed by atoms with van der Waals surface area (Å²) in [6.07, 6.45) is 3.52. The average Bonchev–Trinajstić information content (AvgIpc) is 3.48. The molecule has 4 aromatic rings. The smallest absolute Gasteiger partial charge is 0.410 e. The summed E-state index contributed by atoms with van der Waals surface area (Å²) in [6.45, 7) is 10.5. The van der Waals surface area contributed by atoms with E-state index >= 15 is 4.39 Å². The molecule has 258 valence electrons. The molecule has 6 heterocycles. The number of nitrogens with zero attached hydrogens (tertiary/aromatic N) is 9. The van der Waals surface area contributed by atoms with Gasteiger partial charge in [-0.15, -0.1) is 0 Å². The number of carbonyl (C=O) groups excluding carboxylic acids is 1. The first-order valence-electron chi connectivity index (χ1n) is 16.2. The largest absolute Gasteiger partial charge is 0.444 e. The molecule has 7 rings (SSSR count). The van der Waals surface area contributed by atoms with Gasteiger partial charge in [0, 0.05) is 51.9 Å². The van der Waals surface area contributed by atoms with Crippen LogP contribution in [-0.2, 0) is 9.47 Å². The van der Waals surface area contributed by atoms with E-state index in [2.05, 4.69) is 16.2 Å². The highest BCUT2D eigenvalue weighted by atomic mass is 35.5. The van der Waals surface area contributed by atoms with Crippen LogP contribution in [0.15, 0.2) is 18.3 Å². The third-order valence-corrected chi connectivity index (χ3v) is 9.38. The van der Waals surface area contributed by atoms with E-state index in [1.165, 1.54) is 6.07 Å². The predicted molar refractivity (Wildman–Crippen MR) is 182 cm³/mol. The Labute approximate surface area is 292 Å². The molecule has 3 saturated heterocycles. The maximum absolute atomic E-state index is 15.4. The fraction of sp³-hybridized carbons (Fsp3) is 0.515. The summed E-state index contributed by atoms with van der Waals surface area (Å²) in [5.41, 5.74) is -0.371. The first kappa shape index (κ1) is 33.3. The lowest BCUT2D eigenvalue weighted by Crippen LogP contribution is -2.55. The molecule has 0 saturated carbocycles. The number of ether oxygens (including phenoxy) is 3. The number of benzene rings is 1. The lowest BCUT2D eigenvalue weighted by Gasteiger charge is -2.43. The Hall–Kier alpha value is -4.19. The number of amides is 1. The number of rotatable bonds is 5. The molecule has 0 N–H and O–H groups in total. The highest BCUT2D eigenvalue weighted by molar-refractivity contribution is 6.33. The van der Waals surface area contributed by atoms with E-state index in [0.717, 1.165) is 19.3 Å². The van der Waals surface area contributed by atoms with Crippen LogP contribution < -0.4 is 14.5 Å². The number of hydrogen-bond acceptors (Lipinski definition) is 11. The molecule has 1 amide bonds. The number of hydrogen-bond donors (Lipinski definition) is 0. The summed E-state index contributed by atoms with van der Waals surface area (Å²) in [5.74, 6) is 0.253. The van der Waals surface area contributed by atoms with Crippen molar-refractivity contribution in [3.05, 3.63) is 34.3 Å². The van der Waals surface area contributed by atoms with Gasteiger partial charge in [0.15, 0.2) is 12.0 Å². The van der Waals surface area contributed by atoms with Gasteiger partial charge in [-0.3, -0.25) is 0 Å². The molecule has 1 atom stereocenters. The Morgan fingerprint density at radius 1 is 1.08 bits per heavy atom. The summed E-state index contributed by atoms with van der Waals surface area (Å²) in [4.78, 5) is 32.7. The number of carbonyl (C=O) groups is 1. The summed E-state index contributed by atoms with van der Waals surface area (Å²) < 4.78 is 34.9. The summed E-state index contributed by atoms with van der Waals surface area (Å²) in [7, 11) is 0. The molecule has 1 unspecified atom stereocenters. The van der Waals surface area contributed by atoms with E-state index in [1.807, 2.05) is 37.5 Å². The third kappa shape index (κ3) is 6.47. The van der Waals surface area contributed by atoms with Crippen molar-refractivity contribution in [2.24, 2.45) is 5.41 Å². The first-order valence-corrected chi connectivity index (χ1v) is 17.0. The van der Waals surface area contributed by atoms with Crippen molar-refractivity contribution in [2.45, 2.75) is 58.8 Å². The Morgan fingerprint density at radius 2 is 1.84 bits per heavy atom. The topological polar surface area (TPSA) is 135 Å². The second-order valence-electron chi connectivity index (χ2n) is 13.9. The zero-order valence-corrected chi connectivity index (χ0v) is 29.2. The van der Waals surface area contributed by atoms with Gasteiger partial charge in [0.2, 0.25) is 11.8 Å². The van der Waals surface area contributed by atoms with Crippen LogP contribution in [0.3, 0.4) is 0 Å². The zero-order valence-electron chi connectivity index (χ0n) is 27.7. The Morgan fingerprint density at radius 3 is 2.51 bits per heavy atom. The fourth-order valence-electron chi connectivity index (χ4n) is 6.38. The van der Waals surface area contributed by atoms with Crippen LogP contribution in [0.25, 0.3) is 21.8 Å². The third-order valence-electron chi connectivity index (χ3n) is 8.83. The molecule has 16 heteroatoms. The molecule has 0 bridgehead atoms. The lowest BCUT2D eigenvalue weighted by atomic mass is 9.84. The highest BCUT2D eigenvalue weighted by Gasteiger charge is 2.41. The molecule has 49 heavy (non-hydrogen) atoms. The number of nitriles is 1. The molecule has 3 aromatic heterocycles. The van der Waals surface area contributed by atoms with Crippen molar-refractivity contribution in [3.8, 4) is 17.7 Å². The van der Waals surface area contributed by atoms with Crippen molar-refractivity contribution < 1.29 is 23.4 Å². The molecule has 3 aliphatic heterocycles. The van der Waals surface area contributed by atoms with Crippen LogP contribution in [0.1, 0.15) is 53.2 Å². The zero-order chi connectivity index (χ0) is 34.7. The number of pyridine rings is 1. The SMILES string of the molecule is CC1(C#N)CN(c2nc(N3CCN(C(=O)OC(C)(C)C)CC3)c3cc(Cl)nc(Oc4c(Cl)c(F)cc5c4cnn5C4CCCCO4)c3n2)C1. The van der Waals surface area contributed by atoms with Gasteiger partial charge in [0.1, 0.15) is 32.9 Å². The molecule has 13 nitrogen and oxygen atoms in total. The molecule has 0 spiro atoms. The first-order chi connectivity index (χ1) is 23.3. The van der Waals surface area contributed by atoms with E-state index in [4.69, 9.17) is 47.4 Å². The van der Waals surface area contributed by atoms with Gasteiger partial charge < -0.3 is 28.9 Å². The minimum absolute atomic E-state index is 0.00109. The Kier molecular flexibility index (Phi) is 8.57.